The standard InChI is InChI=1S/C29H35FN4O6/c1-29(2,26(36)37)33-25(35)15-18-7-11-22(12-8-18)40-28(39)34-14-13-19-16-21(10-9-20(19)17-34)31-27(38)32-24-6-4-3-5-23(24)30/h3-6,9-10,16,18,22H,7-8,11-15,17H2,1-2H3,(H,33,35)(H,36,37)(H2,31,32,38)/t18-,22-. The zero-order valence-corrected chi connectivity index (χ0v) is 22.7. The molecular weight excluding hydrogens is 519 g/mol. The van der Waals surface area contributed by atoms with Crippen LogP contribution in [0.2, 0.25) is 0 Å². The van der Waals surface area contributed by atoms with E-state index in [1.54, 1.807) is 23.1 Å². The van der Waals surface area contributed by atoms with Crippen molar-refractivity contribution in [2.75, 3.05) is 17.2 Å². The monoisotopic (exact) mass is 554 g/mol. The van der Waals surface area contributed by atoms with Crippen LogP contribution >= 0.6 is 0 Å². The SMILES string of the molecule is CC(C)(NC(=O)C[C@H]1CC[C@H](OC(=O)N2CCc3cc(NC(=O)Nc4ccccc4F)ccc3C2)CC1)C(=O)O. The van der Waals surface area contributed by atoms with Gasteiger partial charge in [-0.1, -0.05) is 18.2 Å². The van der Waals surface area contributed by atoms with E-state index in [1.165, 1.54) is 26.0 Å². The number of anilines is 2. The number of carboxylic acids is 1. The van der Waals surface area contributed by atoms with E-state index in [-0.39, 0.29) is 36.1 Å². The Kier molecular flexibility index (Phi) is 8.91. The predicted molar refractivity (Wildman–Crippen MR) is 146 cm³/mol. The third-order valence-corrected chi connectivity index (χ3v) is 7.38. The van der Waals surface area contributed by atoms with Gasteiger partial charge in [0.15, 0.2) is 0 Å². The van der Waals surface area contributed by atoms with Crippen LogP contribution in [-0.2, 0) is 27.3 Å². The lowest BCUT2D eigenvalue weighted by Crippen LogP contribution is -2.50. The summed E-state index contributed by atoms with van der Waals surface area (Å²) < 4.78 is 19.5. The van der Waals surface area contributed by atoms with Gasteiger partial charge in [-0.05, 0) is 87.3 Å². The van der Waals surface area contributed by atoms with Gasteiger partial charge in [-0.3, -0.25) is 4.79 Å². The number of fused-ring (bicyclic) bond motifs is 1. The largest absolute Gasteiger partial charge is 0.480 e. The molecule has 1 aliphatic heterocycles. The molecule has 11 heteroatoms. The molecule has 10 nitrogen and oxygen atoms in total. The Morgan fingerprint density at radius 3 is 2.45 bits per heavy atom. The topological polar surface area (TPSA) is 137 Å². The van der Waals surface area contributed by atoms with Crippen LogP contribution in [0.1, 0.15) is 57.1 Å². The lowest BCUT2D eigenvalue weighted by Gasteiger charge is -2.33. The number of hydrogen-bond acceptors (Lipinski definition) is 5. The molecule has 1 aliphatic carbocycles. The molecule has 2 aliphatic rings. The lowest BCUT2D eigenvalue weighted by atomic mass is 9.85. The van der Waals surface area contributed by atoms with Crippen LogP contribution in [0.15, 0.2) is 42.5 Å². The molecule has 1 fully saturated rings. The number of carboxylic acid groups (broad SMARTS) is 1. The molecule has 2 aromatic rings. The number of halogens is 1. The van der Waals surface area contributed by atoms with E-state index < -0.39 is 23.4 Å². The van der Waals surface area contributed by atoms with E-state index in [1.807, 2.05) is 12.1 Å². The van der Waals surface area contributed by atoms with Gasteiger partial charge in [0.05, 0.1) is 5.69 Å². The smallest absolute Gasteiger partial charge is 0.410 e. The Morgan fingerprint density at radius 1 is 1.02 bits per heavy atom. The third kappa shape index (κ3) is 7.49. The third-order valence-electron chi connectivity index (χ3n) is 7.38. The molecule has 1 heterocycles. The average Bonchev–Trinajstić information content (AvgIpc) is 2.90. The van der Waals surface area contributed by atoms with E-state index >= 15 is 0 Å². The Bertz CT molecular complexity index is 1270. The summed E-state index contributed by atoms with van der Waals surface area (Å²) in [5.74, 6) is -1.77. The van der Waals surface area contributed by atoms with Crippen LogP contribution in [0.4, 0.5) is 25.4 Å². The first-order chi connectivity index (χ1) is 19.0. The summed E-state index contributed by atoms with van der Waals surface area (Å²) >= 11 is 0. The highest BCUT2D eigenvalue weighted by atomic mass is 19.1. The molecule has 2 aromatic carbocycles. The summed E-state index contributed by atoms with van der Waals surface area (Å²) in [6.07, 6.45) is 3.01. The number of amides is 4. The van der Waals surface area contributed by atoms with E-state index in [9.17, 15) is 28.7 Å². The number of para-hydroxylation sites is 1. The van der Waals surface area contributed by atoms with Gasteiger partial charge in [-0.25, -0.2) is 18.8 Å². The molecule has 214 valence electrons. The first kappa shape index (κ1) is 28.8. The molecule has 40 heavy (non-hydrogen) atoms. The second kappa shape index (κ2) is 12.4. The molecule has 0 bridgehead atoms. The average molecular weight is 555 g/mol. The maximum absolute atomic E-state index is 13.8. The number of nitrogens with one attached hydrogen (secondary N) is 3. The van der Waals surface area contributed by atoms with Crippen LogP contribution in [0, 0.1) is 11.7 Å². The number of hydrogen-bond donors (Lipinski definition) is 4. The summed E-state index contributed by atoms with van der Waals surface area (Å²) in [5, 5.41) is 16.9. The van der Waals surface area contributed by atoms with Crippen molar-refractivity contribution in [1.82, 2.24) is 10.2 Å². The zero-order valence-electron chi connectivity index (χ0n) is 22.7. The molecule has 4 N–H and O–H groups in total. The summed E-state index contributed by atoms with van der Waals surface area (Å²) in [6, 6.07) is 10.8. The Labute approximate surface area is 232 Å². The van der Waals surface area contributed by atoms with Crippen molar-refractivity contribution in [2.45, 2.75) is 70.6 Å². The zero-order chi connectivity index (χ0) is 28.9. The van der Waals surface area contributed by atoms with Gasteiger partial charge in [0.2, 0.25) is 5.91 Å². The maximum Gasteiger partial charge on any atom is 0.410 e. The number of benzene rings is 2. The van der Waals surface area contributed by atoms with Crippen molar-refractivity contribution in [2.24, 2.45) is 5.92 Å². The van der Waals surface area contributed by atoms with Crippen molar-refractivity contribution in [3.63, 3.8) is 0 Å². The first-order valence-corrected chi connectivity index (χ1v) is 13.4. The number of aliphatic carboxylic acids is 1. The quantitative estimate of drug-likeness (QED) is 0.385. The lowest BCUT2D eigenvalue weighted by molar-refractivity contribution is -0.146. The number of rotatable bonds is 7. The fourth-order valence-electron chi connectivity index (χ4n) is 5.02. The molecule has 1 saturated carbocycles. The van der Waals surface area contributed by atoms with Gasteiger partial charge in [-0.15, -0.1) is 0 Å². The molecule has 0 aromatic heterocycles. The highest BCUT2D eigenvalue weighted by Gasteiger charge is 2.32. The Hall–Kier alpha value is -4.15. The molecule has 0 spiro atoms. The second-order valence-electron chi connectivity index (χ2n) is 10.9. The van der Waals surface area contributed by atoms with E-state index in [0.717, 1.165) is 24.0 Å². The molecular formula is C29H35FN4O6. The molecule has 0 atom stereocenters. The summed E-state index contributed by atoms with van der Waals surface area (Å²) in [4.78, 5) is 50.3. The summed E-state index contributed by atoms with van der Waals surface area (Å²) in [5.41, 5.74) is 1.32. The van der Waals surface area contributed by atoms with Crippen molar-refractivity contribution >= 4 is 35.4 Å². The van der Waals surface area contributed by atoms with Gasteiger partial charge in [0.25, 0.3) is 0 Å². The number of nitrogens with zero attached hydrogens (tertiary/aromatic N) is 1. The second-order valence-corrected chi connectivity index (χ2v) is 10.9. The van der Waals surface area contributed by atoms with Gasteiger partial charge in [0, 0.05) is 25.2 Å². The van der Waals surface area contributed by atoms with Crippen molar-refractivity contribution in [3.8, 4) is 0 Å². The van der Waals surface area contributed by atoms with Gasteiger partial charge in [0.1, 0.15) is 17.5 Å². The minimum absolute atomic E-state index is 0.0888. The molecule has 0 unspecified atom stereocenters. The van der Waals surface area contributed by atoms with Gasteiger partial charge in [-0.2, -0.15) is 0 Å². The van der Waals surface area contributed by atoms with E-state index in [4.69, 9.17) is 4.74 Å². The van der Waals surface area contributed by atoms with Crippen LogP contribution in [0.25, 0.3) is 0 Å². The van der Waals surface area contributed by atoms with Crippen LogP contribution in [0.3, 0.4) is 0 Å². The number of carbonyl (C=O) groups is 4. The summed E-state index contributed by atoms with van der Waals surface area (Å²) in [6.45, 7) is 3.77. The summed E-state index contributed by atoms with van der Waals surface area (Å²) in [7, 11) is 0. The minimum Gasteiger partial charge on any atom is -0.480 e. The van der Waals surface area contributed by atoms with E-state index in [0.29, 0.717) is 38.0 Å². The van der Waals surface area contributed by atoms with Gasteiger partial charge < -0.3 is 30.7 Å². The Balaban J connectivity index is 1.22. The molecule has 0 saturated heterocycles. The fraction of sp³-hybridized carbons (Fsp3) is 0.448. The van der Waals surface area contributed by atoms with Crippen LogP contribution in [-0.4, -0.2) is 52.2 Å². The fourth-order valence-corrected chi connectivity index (χ4v) is 5.02. The maximum atomic E-state index is 13.8. The molecule has 0 radical (unpaired) electrons. The normalized spacial score (nSPS) is 18.7. The van der Waals surface area contributed by atoms with Crippen LogP contribution in [0.5, 0.6) is 0 Å². The van der Waals surface area contributed by atoms with Gasteiger partial charge >= 0.3 is 18.1 Å². The van der Waals surface area contributed by atoms with Crippen molar-refractivity contribution < 1.29 is 33.4 Å². The van der Waals surface area contributed by atoms with Crippen molar-refractivity contribution in [3.05, 3.63) is 59.4 Å². The van der Waals surface area contributed by atoms with E-state index in [2.05, 4.69) is 16.0 Å². The molecule has 4 rings (SSSR count). The minimum atomic E-state index is -1.31. The highest BCUT2D eigenvalue weighted by molar-refractivity contribution is 5.99. The number of carbonyl (C=O) groups excluding carboxylic acids is 3. The first-order valence-electron chi connectivity index (χ1n) is 13.4. The number of urea groups is 1. The Morgan fingerprint density at radius 2 is 1.75 bits per heavy atom. The predicted octanol–water partition coefficient (Wildman–Crippen LogP) is 4.89. The molecule has 4 amide bonds. The highest BCUT2D eigenvalue weighted by Crippen LogP contribution is 2.30. The van der Waals surface area contributed by atoms with Crippen LogP contribution < -0.4 is 16.0 Å². The van der Waals surface area contributed by atoms with Crippen molar-refractivity contribution in [1.29, 1.82) is 0 Å². The number of ether oxygens (including phenoxy) is 1.